The fraction of sp³-hybridized carbons (Fsp3) is 0.0526. The van der Waals surface area contributed by atoms with Gasteiger partial charge in [-0.05, 0) is 73.4 Å². The number of allylic oxidation sites excluding steroid dienone is 2. The quantitative estimate of drug-likeness (QED) is 0.0493. The van der Waals surface area contributed by atoms with Crippen molar-refractivity contribution in [3.05, 3.63) is 139 Å². The third-order valence-corrected chi connectivity index (χ3v) is 7.22. The van der Waals surface area contributed by atoms with Gasteiger partial charge < -0.3 is 10.1 Å². The minimum Gasteiger partial charge on any atom is -0.512 e. The number of hydrogen-bond donors (Lipinski definition) is 1. The molecule has 7 aromatic rings. The van der Waals surface area contributed by atoms with Crippen LogP contribution in [0.3, 0.4) is 0 Å². The molecule has 1 aromatic heterocycles. The average molecular weight is 724 g/mol. The van der Waals surface area contributed by atoms with Crippen LogP contribution in [0, 0.1) is 6.07 Å². The standard InChI is InChI=1S/C33H20N.C5H8O2.Ir/c1-4-10-27-22(7-1)17-18-31-30(27)19-20-34-33(31)24-15-13-23(14-16-24)32-28-11-5-2-8-25(28)21-26-9-3-6-12-29(26)32;1-4(6)3-5(2)7;/h1-15,17-21H;3,6H,1-2H3;/q-1;;/p+1/b;4-3-;. The fourth-order valence-electron chi connectivity index (χ4n) is 5.51. The van der Waals surface area contributed by atoms with Crippen LogP contribution < -0.4 is 0 Å². The van der Waals surface area contributed by atoms with E-state index in [4.69, 9.17) is 14.9 Å². The van der Waals surface area contributed by atoms with E-state index in [1.807, 2.05) is 6.20 Å². The Morgan fingerprint density at radius 3 is 1.88 bits per heavy atom. The van der Waals surface area contributed by atoms with Gasteiger partial charge >= 0.3 is 5.78 Å². The van der Waals surface area contributed by atoms with E-state index < -0.39 is 0 Å². The van der Waals surface area contributed by atoms with Gasteiger partial charge in [0.15, 0.2) is 0 Å². The second-order valence-electron chi connectivity index (χ2n) is 10.2. The summed E-state index contributed by atoms with van der Waals surface area (Å²) in [6.07, 6.45) is 3.18. The summed E-state index contributed by atoms with van der Waals surface area (Å²) in [5.41, 5.74) is 4.41. The Balaban J connectivity index is 0.000000396. The SMILES string of the molecule is CC(=[OH+])/C=C(/C)O.[Ir].[c-]1cc(-c2c3ccccc3cc3ccccc23)ccc1-c1nccc2c1ccc1ccccc12. The van der Waals surface area contributed by atoms with Crippen LogP contribution in [0.4, 0.5) is 0 Å². The minimum absolute atomic E-state index is 0. The van der Waals surface area contributed by atoms with Crippen molar-refractivity contribution in [3.8, 4) is 22.4 Å². The van der Waals surface area contributed by atoms with Crippen molar-refractivity contribution >= 4 is 48.9 Å². The van der Waals surface area contributed by atoms with Crippen molar-refractivity contribution in [2.24, 2.45) is 0 Å². The number of aromatic nitrogens is 1. The van der Waals surface area contributed by atoms with Gasteiger partial charge in [-0.1, -0.05) is 90.5 Å². The maximum atomic E-state index is 8.40. The minimum atomic E-state index is 0. The third-order valence-electron chi connectivity index (χ3n) is 7.22. The predicted molar refractivity (Wildman–Crippen MR) is 173 cm³/mol. The van der Waals surface area contributed by atoms with Crippen molar-refractivity contribution in [1.82, 2.24) is 4.98 Å². The number of rotatable bonds is 3. The molecule has 0 saturated carbocycles. The molecule has 42 heavy (non-hydrogen) atoms. The predicted octanol–water partition coefficient (Wildman–Crippen LogP) is 9.84. The van der Waals surface area contributed by atoms with E-state index in [2.05, 4.69) is 121 Å². The molecule has 0 saturated heterocycles. The van der Waals surface area contributed by atoms with Gasteiger partial charge in [-0.25, -0.2) is 0 Å². The van der Waals surface area contributed by atoms with Gasteiger partial charge in [0.1, 0.15) is 0 Å². The van der Waals surface area contributed by atoms with Crippen LogP contribution in [0.5, 0.6) is 0 Å². The molecule has 3 nitrogen and oxygen atoms in total. The van der Waals surface area contributed by atoms with Gasteiger partial charge in [-0.3, -0.25) is 4.79 Å². The number of pyridine rings is 1. The van der Waals surface area contributed by atoms with E-state index in [-0.39, 0.29) is 31.6 Å². The van der Waals surface area contributed by atoms with E-state index in [0.29, 0.717) is 0 Å². The number of aliphatic hydroxyl groups excluding tert-OH is 1. The topological polar surface area (TPSA) is 54.5 Å². The Morgan fingerprint density at radius 2 is 1.31 bits per heavy atom. The number of nitrogens with zero attached hydrogens (tertiary/aromatic N) is 1. The van der Waals surface area contributed by atoms with Gasteiger partial charge in [0.25, 0.3) is 0 Å². The van der Waals surface area contributed by atoms with Crippen LogP contribution in [0.2, 0.25) is 0 Å². The van der Waals surface area contributed by atoms with E-state index >= 15 is 0 Å². The molecule has 0 fully saturated rings. The zero-order valence-electron chi connectivity index (χ0n) is 23.3. The molecule has 0 amide bonds. The molecule has 4 heteroatoms. The van der Waals surface area contributed by atoms with E-state index in [1.165, 1.54) is 68.8 Å². The fourth-order valence-corrected chi connectivity index (χ4v) is 5.51. The molecule has 0 spiro atoms. The van der Waals surface area contributed by atoms with Crippen LogP contribution in [-0.2, 0) is 20.1 Å². The van der Waals surface area contributed by atoms with Crippen molar-refractivity contribution < 1.29 is 30.0 Å². The van der Waals surface area contributed by atoms with E-state index in [9.17, 15) is 0 Å². The van der Waals surface area contributed by atoms with Gasteiger partial charge in [0.05, 0.1) is 18.8 Å². The number of ketones is 1. The first-order valence-electron chi connectivity index (χ1n) is 13.6. The molecular formula is C38H29IrNO2. The summed E-state index contributed by atoms with van der Waals surface area (Å²) >= 11 is 0. The number of carbonyl (C=O) groups excluding carboxylic acids is 1. The third kappa shape index (κ3) is 5.73. The molecule has 207 valence electrons. The Morgan fingerprint density at radius 1 is 0.690 bits per heavy atom. The van der Waals surface area contributed by atoms with Gasteiger partial charge in [0, 0.05) is 26.3 Å². The summed E-state index contributed by atoms with van der Waals surface area (Å²) in [7, 11) is 0. The molecule has 1 heterocycles. The van der Waals surface area contributed by atoms with Crippen molar-refractivity contribution in [1.29, 1.82) is 0 Å². The van der Waals surface area contributed by atoms with Crippen LogP contribution in [0.25, 0.3) is 65.5 Å². The van der Waals surface area contributed by atoms with Crippen molar-refractivity contribution in [2.45, 2.75) is 13.8 Å². The molecule has 0 unspecified atom stereocenters. The Bertz CT molecular complexity index is 2040. The summed E-state index contributed by atoms with van der Waals surface area (Å²) in [4.78, 5) is 13.2. The van der Waals surface area contributed by atoms with Crippen molar-refractivity contribution in [2.75, 3.05) is 0 Å². The first-order chi connectivity index (χ1) is 20.0. The van der Waals surface area contributed by atoms with Crippen LogP contribution in [0.1, 0.15) is 13.8 Å². The molecule has 0 atom stereocenters. The number of fused-ring (bicyclic) bond motifs is 5. The molecule has 2 N–H and O–H groups in total. The molecule has 7 rings (SSSR count). The molecule has 6 aromatic carbocycles. The van der Waals surface area contributed by atoms with E-state index in [1.54, 1.807) is 0 Å². The molecule has 0 aliphatic rings. The molecule has 1 radical (unpaired) electrons. The molecule has 0 aliphatic heterocycles. The van der Waals surface area contributed by atoms with Crippen LogP contribution >= 0.6 is 0 Å². The smallest absolute Gasteiger partial charge is 0.316 e. The van der Waals surface area contributed by atoms with Crippen LogP contribution in [0.15, 0.2) is 133 Å². The second kappa shape index (κ2) is 12.5. The summed E-state index contributed by atoms with van der Waals surface area (Å²) < 4.78 is 0. The van der Waals surface area contributed by atoms with Gasteiger partial charge in [0.2, 0.25) is 0 Å². The normalized spacial score (nSPS) is 11.2. The number of aliphatic hydroxyl groups is 1. The maximum Gasteiger partial charge on any atom is 0.316 e. The average Bonchev–Trinajstić information content (AvgIpc) is 2.99. The Hall–Kier alpha value is -4.63. The summed E-state index contributed by atoms with van der Waals surface area (Å²) in [6.45, 7) is 3.00. The second-order valence-corrected chi connectivity index (χ2v) is 10.2. The van der Waals surface area contributed by atoms with Gasteiger partial charge in [-0.2, -0.15) is 0 Å². The van der Waals surface area contributed by atoms with Crippen LogP contribution in [-0.4, -0.2) is 20.7 Å². The summed E-state index contributed by atoms with van der Waals surface area (Å²) in [5, 5.41) is 18.3. The number of benzene rings is 6. The molecule has 0 aliphatic carbocycles. The Labute approximate surface area is 258 Å². The first-order valence-corrected chi connectivity index (χ1v) is 13.6. The summed E-state index contributed by atoms with van der Waals surface area (Å²) in [6, 6.07) is 44.5. The van der Waals surface area contributed by atoms with E-state index in [0.717, 1.165) is 16.6 Å². The zero-order chi connectivity index (χ0) is 28.3. The van der Waals surface area contributed by atoms with Crippen molar-refractivity contribution in [3.63, 3.8) is 0 Å². The molecule has 0 bridgehead atoms. The monoisotopic (exact) mass is 724 g/mol. The van der Waals surface area contributed by atoms with Gasteiger partial charge in [-0.15, -0.1) is 29.8 Å². The first kappa shape index (κ1) is 28.9. The maximum absolute atomic E-state index is 8.40. The largest absolute Gasteiger partial charge is 0.512 e. The summed E-state index contributed by atoms with van der Waals surface area (Å²) in [5.74, 6) is 0.250. The molecular weight excluding hydrogens is 695 g/mol. The number of hydrogen-bond acceptors (Lipinski definition) is 2. The Kier molecular flexibility index (Phi) is 8.58. The zero-order valence-corrected chi connectivity index (χ0v) is 25.7.